The van der Waals surface area contributed by atoms with Crippen molar-refractivity contribution in [2.75, 3.05) is 11.9 Å². The minimum Gasteiger partial charge on any atom is -0.478 e. The van der Waals surface area contributed by atoms with E-state index in [1.54, 1.807) is 37.1 Å². The molecule has 1 aromatic carbocycles. The number of aromatic nitrogens is 1. The van der Waals surface area contributed by atoms with Crippen LogP contribution in [0.5, 0.6) is 0 Å². The molecule has 0 aliphatic heterocycles. The average Bonchev–Trinajstić information content (AvgIpc) is 2.45. The van der Waals surface area contributed by atoms with Crippen molar-refractivity contribution < 1.29 is 9.90 Å². The van der Waals surface area contributed by atoms with Crippen molar-refractivity contribution in [3.63, 3.8) is 0 Å². The minimum atomic E-state index is -0.998. The summed E-state index contributed by atoms with van der Waals surface area (Å²) in [7, 11) is 1.79. The first-order chi connectivity index (χ1) is 9.54. The number of nitrogens with zero attached hydrogens (tertiary/aromatic N) is 3. The van der Waals surface area contributed by atoms with Crippen molar-refractivity contribution in [3.8, 4) is 6.07 Å². The second kappa shape index (κ2) is 5.41. The zero-order valence-corrected chi connectivity index (χ0v) is 11.2. The van der Waals surface area contributed by atoms with E-state index >= 15 is 0 Å². The lowest BCUT2D eigenvalue weighted by molar-refractivity contribution is 0.0695. The normalized spacial score (nSPS) is 9.85. The largest absolute Gasteiger partial charge is 0.478 e. The number of carboxylic acid groups (broad SMARTS) is 1. The summed E-state index contributed by atoms with van der Waals surface area (Å²) in [5.74, 6) is -0.406. The van der Waals surface area contributed by atoms with Crippen molar-refractivity contribution in [1.82, 2.24) is 4.98 Å². The third-order valence-corrected chi connectivity index (χ3v) is 3.03. The fourth-order valence-electron chi connectivity index (χ4n) is 1.94. The highest BCUT2D eigenvalue weighted by molar-refractivity contribution is 5.89. The molecule has 2 rings (SSSR count). The van der Waals surface area contributed by atoms with Gasteiger partial charge in [-0.15, -0.1) is 0 Å². The maximum absolute atomic E-state index is 11.0. The topological polar surface area (TPSA) is 77.2 Å². The number of aromatic carboxylic acids is 1. The number of carboxylic acids is 1. The number of pyridine rings is 1. The van der Waals surface area contributed by atoms with Crippen LogP contribution in [0.25, 0.3) is 0 Å². The molecule has 5 heteroatoms. The lowest BCUT2D eigenvalue weighted by Gasteiger charge is -2.20. The van der Waals surface area contributed by atoms with E-state index in [1.807, 2.05) is 12.1 Å². The van der Waals surface area contributed by atoms with Crippen LogP contribution in [0.2, 0.25) is 0 Å². The Morgan fingerprint density at radius 2 is 2.00 bits per heavy atom. The highest BCUT2D eigenvalue weighted by atomic mass is 16.4. The Morgan fingerprint density at radius 3 is 2.60 bits per heavy atom. The van der Waals surface area contributed by atoms with E-state index in [2.05, 4.69) is 11.1 Å². The van der Waals surface area contributed by atoms with E-state index in [-0.39, 0.29) is 5.56 Å². The maximum atomic E-state index is 11.0. The first-order valence-corrected chi connectivity index (χ1v) is 5.98. The van der Waals surface area contributed by atoms with Gasteiger partial charge in [-0.3, -0.25) is 0 Å². The molecule has 2 aromatic rings. The van der Waals surface area contributed by atoms with E-state index in [0.717, 1.165) is 5.69 Å². The monoisotopic (exact) mass is 267 g/mol. The lowest BCUT2D eigenvalue weighted by atomic mass is 10.1. The van der Waals surface area contributed by atoms with Crippen molar-refractivity contribution >= 4 is 17.5 Å². The summed E-state index contributed by atoms with van der Waals surface area (Å²) in [6.45, 7) is 1.65. The van der Waals surface area contributed by atoms with Gasteiger partial charge in [0.05, 0.1) is 22.5 Å². The summed E-state index contributed by atoms with van der Waals surface area (Å²) in [6.07, 6.45) is 0. The van der Waals surface area contributed by atoms with Gasteiger partial charge in [-0.05, 0) is 31.2 Å². The molecule has 20 heavy (non-hydrogen) atoms. The van der Waals surface area contributed by atoms with E-state index in [4.69, 9.17) is 10.4 Å². The van der Waals surface area contributed by atoms with E-state index in [0.29, 0.717) is 17.1 Å². The molecule has 5 nitrogen and oxygen atoms in total. The Balaban J connectivity index is 2.44. The zero-order chi connectivity index (χ0) is 14.7. The summed E-state index contributed by atoms with van der Waals surface area (Å²) < 4.78 is 0. The zero-order valence-electron chi connectivity index (χ0n) is 11.2. The second-order valence-electron chi connectivity index (χ2n) is 4.30. The molecule has 0 saturated carbocycles. The third-order valence-electron chi connectivity index (χ3n) is 3.03. The quantitative estimate of drug-likeness (QED) is 0.925. The average molecular weight is 267 g/mol. The molecule has 0 aliphatic carbocycles. The molecule has 0 unspecified atom stereocenters. The Hall–Kier alpha value is -2.87. The molecular formula is C15H13N3O2. The maximum Gasteiger partial charge on any atom is 0.337 e. The van der Waals surface area contributed by atoms with Crippen LogP contribution in [0.15, 0.2) is 36.4 Å². The highest BCUT2D eigenvalue weighted by Gasteiger charge is 2.13. The number of carbonyl (C=O) groups is 1. The van der Waals surface area contributed by atoms with Crippen LogP contribution < -0.4 is 4.90 Å². The van der Waals surface area contributed by atoms with Crippen molar-refractivity contribution in [2.45, 2.75) is 6.92 Å². The molecule has 0 aliphatic rings. The van der Waals surface area contributed by atoms with Crippen LogP contribution >= 0.6 is 0 Å². The minimum absolute atomic E-state index is 0.177. The Bertz CT molecular complexity index is 705. The SMILES string of the molecule is Cc1nc(N(C)c2ccccc2C#N)ccc1C(=O)O. The van der Waals surface area contributed by atoms with Gasteiger partial charge in [0.2, 0.25) is 0 Å². The number of nitriles is 1. The predicted octanol–water partition coefficient (Wildman–Crippen LogP) is 2.73. The van der Waals surface area contributed by atoms with Crippen LogP contribution in [-0.2, 0) is 0 Å². The summed E-state index contributed by atoms with van der Waals surface area (Å²) in [6, 6.07) is 12.5. The first kappa shape index (κ1) is 13.6. The molecule has 0 fully saturated rings. The van der Waals surface area contributed by atoms with Gasteiger partial charge < -0.3 is 10.0 Å². The molecule has 1 heterocycles. The van der Waals surface area contributed by atoms with E-state index in [1.165, 1.54) is 6.07 Å². The standard InChI is InChI=1S/C15H13N3O2/c1-10-12(15(19)20)7-8-14(17-10)18(2)13-6-4-3-5-11(13)9-16/h3-8H,1-2H3,(H,19,20). The number of aryl methyl sites for hydroxylation is 1. The molecule has 0 atom stereocenters. The number of anilines is 2. The summed E-state index contributed by atoms with van der Waals surface area (Å²) in [4.78, 5) is 17.0. The molecule has 0 spiro atoms. The number of hydrogen-bond acceptors (Lipinski definition) is 4. The van der Waals surface area contributed by atoms with Crippen molar-refractivity contribution in [1.29, 1.82) is 5.26 Å². The van der Waals surface area contributed by atoms with Gasteiger partial charge in [0.25, 0.3) is 0 Å². The van der Waals surface area contributed by atoms with Gasteiger partial charge in [0, 0.05) is 7.05 Å². The van der Waals surface area contributed by atoms with Crippen LogP contribution in [-0.4, -0.2) is 23.1 Å². The van der Waals surface area contributed by atoms with Gasteiger partial charge in [0.15, 0.2) is 0 Å². The van der Waals surface area contributed by atoms with Gasteiger partial charge in [-0.1, -0.05) is 12.1 Å². The molecule has 0 amide bonds. The van der Waals surface area contributed by atoms with Crippen LogP contribution in [0.3, 0.4) is 0 Å². The number of para-hydroxylation sites is 1. The van der Waals surface area contributed by atoms with Gasteiger partial charge >= 0.3 is 5.97 Å². The second-order valence-corrected chi connectivity index (χ2v) is 4.30. The summed E-state index contributed by atoms with van der Waals surface area (Å²) in [5, 5.41) is 18.1. The van der Waals surface area contributed by atoms with Crippen LogP contribution in [0.4, 0.5) is 11.5 Å². The van der Waals surface area contributed by atoms with Gasteiger partial charge in [0.1, 0.15) is 11.9 Å². The molecule has 0 bridgehead atoms. The van der Waals surface area contributed by atoms with Crippen molar-refractivity contribution in [2.24, 2.45) is 0 Å². The third kappa shape index (κ3) is 2.45. The summed E-state index contributed by atoms with van der Waals surface area (Å²) >= 11 is 0. The Kier molecular flexibility index (Phi) is 3.67. The molecule has 0 saturated heterocycles. The van der Waals surface area contributed by atoms with Crippen LogP contribution in [0, 0.1) is 18.3 Å². The lowest BCUT2D eigenvalue weighted by Crippen LogP contribution is -2.14. The predicted molar refractivity (Wildman–Crippen MR) is 75.2 cm³/mol. The van der Waals surface area contributed by atoms with E-state index < -0.39 is 5.97 Å². The fraction of sp³-hybridized carbons (Fsp3) is 0.133. The fourth-order valence-corrected chi connectivity index (χ4v) is 1.94. The Morgan fingerprint density at radius 1 is 1.30 bits per heavy atom. The van der Waals surface area contributed by atoms with Gasteiger partial charge in [-0.25, -0.2) is 9.78 Å². The van der Waals surface area contributed by atoms with Crippen LogP contribution in [0.1, 0.15) is 21.6 Å². The first-order valence-electron chi connectivity index (χ1n) is 5.98. The number of hydrogen-bond donors (Lipinski definition) is 1. The van der Waals surface area contributed by atoms with Crippen molar-refractivity contribution in [3.05, 3.63) is 53.2 Å². The molecule has 1 N–H and O–H groups in total. The molecule has 100 valence electrons. The molecular weight excluding hydrogens is 254 g/mol. The van der Waals surface area contributed by atoms with E-state index in [9.17, 15) is 4.79 Å². The Labute approximate surface area is 116 Å². The highest BCUT2D eigenvalue weighted by Crippen LogP contribution is 2.25. The van der Waals surface area contributed by atoms with Gasteiger partial charge in [-0.2, -0.15) is 5.26 Å². The number of rotatable bonds is 3. The molecule has 1 aromatic heterocycles. The summed E-state index contributed by atoms with van der Waals surface area (Å²) in [5.41, 5.74) is 1.88. The number of benzene rings is 1. The smallest absolute Gasteiger partial charge is 0.337 e. The molecule has 0 radical (unpaired) electrons.